The number of aromatic nitrogens is 1. The van der Waals surface area contributed by atoms with E-state index in [1.807, 2.05) is 5.38 Å². The highest BCUT2D eigenvalue weighted by Crippen LogP contribution is 2.26. The van der Waals surface area contributed by atoms with E-state index in [0.717, 1.165) is 31.6 Å². The van der Waals surface area contributed by atoms with Gasteiger partial charge in [-0.25, -0.2) is 4.98 Å². The van der Waals surface area contributed by atoms with Crippen molar-refractivity contribution in [3.63, 3.8) is 0 Å². The molecule has 0 aliphatic carbocycles. The molecule has 1 N–H and O–H groups in total. The summed E-state index contributed by atoms with van der Waals surface area (Å²) in [6, 6.07) is 0. The maximum atomic E-state index is 11.8. The molecule has 0 unspecified atom stereocenters. The maximum absolute atomic E-state index is 11.8. The predicted molar refractivity (Wildman–Crippen MR) is 77.7 cm³/mol. The molecule has 1 aliphatic heterocycles. The first kappa shape index (κ1) is 14.5. The molecule has 5 heteroatoms. The molecule has 1 saturated heterocycles. The third-order valence-corrected chi connectivity index (χ3v) is 3.99. The largest absolute Gasteiger partial charge is 0.378 e. The highest BCUT2D eigenvalue weighted by molar-refractivity contribution is 7.13. The molecule has 1 aliphatic rings. The molecule has 1 aromatic rings. The predicted octanol–water partition coefficient (Wildman–Crippen LogP) is 3.34. The highest BCUT2D eigenvalue weighted by atomic mass is 32.1. The smallest absolute Gasteiger partial charge is 0.226 e. The summed E-state index contributed by atoms with van der Waals surface area (Å²) in [5.74, 6) is 0.0327. The first-order valence-corrected chi connectivity index (χ1v) is 7.70. The van der Waals surface area contributed by atoms with Crippen LogP contribution in [0.15, 0.2) is 5.38 Å². The maximum Gasteiger partial charge on any atom is 0.226 e. The molecule has 19 heavy (non-hydrogen) atoms. The van der Waals surface area contributed by atoms with Crippen LogP contribution in [0.4, 0.5) is 5.13 Å². The Morgan fingerprint density at radius 3 is 2.95 bits per heavy atom. The topological polar surface area (TPSA) is 51.2 Å². The zero-order chi connectivity index (χ0) is 13.9. The van der Waals surface area contributed by atoms with Gasteiger partial charge >= 0.3 is 0 Å². The Bertz CT molecular complexity index is 431. The van der Waals surface area contributed by atoms with E-state index >= 15 is 0 Å². The van der Waals surface area contributed by atoms with Crippen LogP contribution in [0.1, 0.15) is 52.1 Å². The minimum absolute atomic E-state index is 0.0250. The summed E-state index contributed by atoms with van der Waals surface area (Å²) in [5, 5.41) is 5.58. The lowest BCUT2D eigenvalue weighted by molar-refractivity contribution is -0.116. The van der Waals surface area contributed by atoms with Gasteiger partial charge in [0.25, 0.3) is 0 Å². The van der Waals surface area contributed by atoms with Gasteiger partial charge in [0.1, 0.15) is 0 Å². The Balaban J connectivity index is 1.80. The Labute approximate surface area is 118 Å². The van der Waals surface area contributed by atoms with Crippen molar-refractivity contribution in [2.75, 3.05) is 11.9 Å². The van der Waals surface area contributed by atoms with E-state index in [1.165, 1.54) is 11.3 Å². The van der Waals surface area contributed by atoms with Crippen molar-refractivity contribution < 1.29 is 9.53 Å². The molecular weight excluding hydrogens is 260 g/mol. The van der Waals surface area contributed by atoms with Crippen LogP contribution in [-0.2, 0) is 14.9 Å². The van der Waals surface area contributed by atoms with Crippen LogP contribution in [0, 0.1) is 0 Å². The molecule has 1 fully saturated rings. The number of thiazole rings is 1. The Kier molecular flexibility index (Phi) is 4.58. The molecule has 0 aromatic carbocycles. The first-order chi connectivity index (χ1) is 8.95. The van der Waals surface area contributed by atoms with Gasteiger partial charge in [-0.15, -0.1) is 11.3 Å². The summed E-state index contributed by atoms with van der Waals surface area (Å²) in [4.78, 5) is 16.3. The minimum atomic E-state index is 0.0250. The second-order valence-electron chi connectivity index (χ2n) is 6.01. The summed E-state index contributed by atoms with van der Waals surface area (Å²) >= 11 is 1.49. The van der Waals surface area contributed by atoms with E-state index in [9.17, 15) is 4.79 Å². The van der Waals surface area contributed by atoms with E-state index in [-0.39, 0.29) is 17.4 Å². The fourth-order valence-corrected chi connectivity index (χ4v) is 2.97. The van der Waals surface area contributed by atoms with Gasteiger partial charge in [-0.1, -0.05) is 20.8 Å². The number of carbonyl (C=O) groups is 1. The third kappa shape index (κ3) is 4.28. The van der Waals surface area contributed by atoms with Gasteiger partial charge in [0.15, 0.2) is 5.13 Å². The molecule has 0 radical (unpaired) electrons. The Morgan fingerprint density at radius 2 is 2.37 bits per heavy atom. The normalized spacial score (nSPS) is 19.6. The number of hydrogen-bond donors (Lipinski definition) is 1. The van der Waals surface area contributed by atoms with Crippen LogP contribution in [0.5, 0.6) is 0 Å². The van der Waals surface area contributed by atoms with Crippen molar-refractivity contribution in [1.82, 2.24) is 4.98 Å². The van der Waals surface area contributed by atoms with Gasteiger partial charge in [-0.2, -0.15) is 0 Å². The van der Waals surface area contributed by atoms with E-state index in [4.69, 9.17) is 4.74 Å². The number of nitrogens with zero attached hydrogens (tertiary/aromatic N) is 1. The van der Waals surface area contributed by atoms with Crippen molar-refractivity contribution in [2.45, 2.75) is 58.0 Å². The second-order valence-corrected chi connectivity index (χ2v) is 6.87. The molecule has 106 valence electrons. The summed E-state index contributed by atoms with van der Waals surface area (Å²) in [6.07, 6.45) is 3.79. The average molecular weight is 282 g/mol. The quantitative estimate of drug-likeness (QED) is 0.921. The van der Waals surface area contributed by atoms with Crippen LogP contribution >= 0.6 is 11.3 Å². The number of hydrogen-bond acceptors (Lipinski definition) is 4. The summed E-state index contributed by atoms with van der Waals surface area (Å²) in [6.45, 7) is 7.19. The van der Waals surface area contributed by atoms with Crippen molar-refractivity contribution in [2.24, 2.45) is 0 Å². The van der Waals surface area contributed by atoms with Crippen molar-refractivity contribution in [1.29, 1.82) is 0 Å². The summed E-state index contributed by atoms with van der Waals surface area (Å²) in [7, 11) is 0. The molecular formula is C14H22N2O2S. The van der Waals surface area contributed by atoms with Gasteiger partial charge in [-0.3, -0.25) is 4.79 Å². The monoisotopic (exact) mass is 282 g/mol. The molecule has 0 bridgehead atoms. The van der Waals surface area contributed by atoms with Crippen molar-refractivity contribution >= 4 is 22.4 Å². The van der Waals surface area contributed by atoms with E-state index in [0.29, 0.717) is 11.6 Å². The molecule has 0 spiro atoms. The van der Waals surface area contributed by atoms with E-state index < -0.39 is 0 Å². The number of nitrogens with one attached hydrogen (secondary N) is 1. The molecule has 4 nitrogen and oxygen atoms in total. The Morgan fingerprint density at radius 1 is 1.58 bits per heavy atom. The molecule has 1 atom stereocenters. The highest BCUT2D eigenvalue weighted by Gasteiger charge is 2.19. The zero-order valence-corrected chi connectivity index (χ0v) is 12.7. The number of rotatable bonds is 4. The number of carbonyl (C=O) groups excluding carboxylic acids is 1. The molecule has 1 aromatic heterocycles. The molecule has 0 saturated carbocycles. The van der Waals surface area contributed by atoms with Crippen LogP contribution in [0.2, 0.25) is 0 Å². The SMILES string of the molecule is CC(C)(C)c1csc(NC(=O)CC[C@H]2CCCO2)n1. The lowest BCUT2D eigenvalue weighted by atomic mass is 9.93. The molecule has 2 rings (SSSR count). The van der Waals surface area contributed by atoms with Crippen LogP contribution in [0.25, 0.3) is 0 Å². The van der Waals surface area contributed by atoms with Crippen LogP contribution in [-0.4, -0.2) is 23.6 Å². The van der Waals surface area contributed by atoms with Gasteiger partial charge in [-0.05, 0) is 19.3 Å². The summed E-state index contributed by atoms with van der Waals surface area (Å²) < 4.78 is 5.51. The molecule has 1 amide bonds. The Hall–Kier alpha value is -0.940. The van der Waals surface area contributed by atoms with E-state index in [1.54, 1.807) is 0 Å². The van der Waals surface area contributed by atoms with Gasteiger partial charge in [0, 0.05) is 23.8 Å². The van der Waals surface area contributed by atoms with Crippen LogP contribution < -0.4 is 5.32 Å². The van der Waals surface area contributed by atoms with Crippen LogP contribution in [0.3, 0.4) is 0 Å². The number of amides is 1. The fourth-order valence-electron chi connectivity index (χ4n) is 2.02. The zero-order valence-electron chi connectivity index (χ0n) is 11.9. The first-order valence-electron chi connectivity index (χ1n) is 6.82. The second kappa shape index (κ2) is 6.01. The number of ether oxygens (including phenoxy) is 1. The summed E-state index contributed by atoms with van der Waals surface area (Å²) in [5.41, 5.74) is 1.05. The van der Waals surface area contributed by atoms with Crippen molar-refractivity contribution in [3.05, 3.63) is 11.1 Å². The lowest BCUT2D eigenvalue weighted by Crippen LogP contribution is -2.16. The van der Waals surface area contributed by atoms with Gasteiger partial charge in [0.2, 0.25) is 5.91 Å². The van der Waals surface area contributed by atoms with Crippen molar-refractivity contribution in [3.8, 4) is 0 Å². The lowest BCUT2D eigenvalue weighted by Gasteiger charge is -2.14. The van der Waals surface area contributed by atoms with Gasteiger partial charge < -0.3 is 10.1 Å². The standard InChI is InChI=1S/C14H22N2O2S/c1-14(2,3)11-9-19-13(15-11)16-12(17)7-6-10-5-4-8-18-10/h9-10H,4-8H2,1-3H3,(H,15,16,17)/t10-/m1/s1. The third-order valence-electron chi connectivity index (χ3n) is 3.24. The fraction of sp³-hybridized carbons (Fsp3) is 0.714. The van der Waals surface area contributed by atoms with E-state index in [2.05, 4.69) is 31.1 Å². The molecule has 2 heterocycles. The average Bonchev–Trinajstić information content (AvgIpc) is 2.95. The van der Waals surface area contributed by atoms with Gasteiger partial charge in [0.05, 0.1) is 11.8 Å². The minimum Gasteiger partial charge on any atom is -0.378 e. The number of anilines is 1.